The molecule has 1 aliphatic rings. The number of alkyl carbamates (subject to hydrolysis) is 1. The Morgan fingerprint density at radius 1 is 1.25 bits per heavy atom. The molecule has 5 nitrogen and oxygen atoms in total. The third kappa shape index (κ3) is 5.80. The number of amides is 1. The summed E-state index contributed by atoms with van der Waals surface area (Å²) in [6.07, 6.45) is 2.19. The van der Waals surface area contributed by atoms with Crippen LogP contribution in [0.15, 0.2) is 30.3 Å². The lowest BCUT2D eigenvalue weighted by atomic mass is 9.80. The fraction of sp³-hybridized carbons (Fsp3) is 0.632. The first-order chi connectivity index (χ1) is 11.4. The average Bonchev–Trinajstić information content (AvgIpc) is 2.50. The Balaban J connectivity index is 1.66. The number of nitrogens with one attached hydrogen (secondary N) is 2. The summed E-state index contributed by atoms with van der Waals surface area (Å²) in [5.74, 6) is 0. The van der Waals surface area contributed by atoms with Crippen molar-refractivity contribution in [1.29, 1.82) is 0 Å². The molecule has 24 heavy (non-hydrogen) atoms. The molecule has 0 saturated heterocycles. The number of rotatable bonds is 7. The van der Waals surface area contributed by atoms with Crippen LogP contribution in [0.5, 0.6) is 0 Å². The maximum Gasteiger partial charge on any atom is 0.407 e. The number of carbonyl (C=O) groups is 1. The van der Waals surface area contributed by atoms with Gasteiger partial charge in [-0.2, -0.15) is 0 Å². The molecule has 1 aromatic carbocycles. The Kier molecular flexibility index (Phi) is 6.63. The second-order valence-corrected chi connectivity index (χ2v) is 7.67. The van der Waals surface area contributed by atoms with Crippen molar-refractivity contribution >= 4 is 6.09 Å². The predicted molar refractivity (Wildman–Crippen MR) is 94.7 cm³/mol. The van der Waals surface area contributed by atoms with Crippen LogP contribution in [0.4, 0.5) is 4.79 Å². The highest BCUT2D eigenvalue weighted by Crippen LogP contribution is 2.27. The molecule has 1 saturated carbocycles. The highest BCUT2D eigenvalue weighted by Gasteiger charge is 2.34. The van der Waals surface area contributed by atoms with E-state index < -0.39 is 0 Å². The molecule has 134 valence electrons. The maximum absolute atomic E-state index is 11.8. The molecule has 2 rings (SSSR count). The smallest absolute Gasteiger partial charge is 0.407 e. The van der Waals surface area contributed by atoms with Gasteiger partial charge in [0.05, 0.1) is 0 Å². The number of hydrogen-bond acceptors (Lipinski definition) is 4. The van der Waals surface area contributed by atoms with E-state index >= 15 is 0 Å². The number of ether oxygens (including phenoxy) is 1. The van der Waals surface area contributed by atoms with Crippen molar-refractivity contribution in [2.75, 3.05) is 6.61 Å². The summed E-state index contributed by atoms with van der Waals surface area (Å²) >= 11 is 0. The lowest BCUT2D eigenvalue weighted by Crippen LogP contribution is -2.57. The molecule has 5 heteroatoms. The number of carbonyl (C=O) groups excluding carboxylic acids is 1. The zero-order valence-corrected chi connectivity index (χ0v) is 14.9. The minimum atomic E-state index is -0.356. The van der Waals surface area contributed by atoms with E-state index in [2.05, 4.69) is 31.4 Å². The van der Waals surface area contributed by atoms with Crippen molar-refractivity contribution in [3.05, 3.63) is 35.9 Å². The van der Waals surface area contributed by atoms with Crippen LogP contribution in [0.25, 0.3) is 0 Å². The summed E-state index contributed by atoms with van der Waals surface area (Å²) in [6.45, 7) is 7.01. The molecule has 0 aliphatic heterocycles. The van der Waals surface area contributed by atoms with Gasteiger partial charge in [0.2, 0.25) is 0 Å². The molecule has 1 atom stereocenters. The van der Waals surface area contributed by atoms with E-state index in [1.54, 1.807) is 0 Å². The Labute approximate surface area is 144 Å². The van der Waals surface area contributed by atoms with Gasteiger partial charge in [0.1, 0.15) is 6.61 Å². The summed E-state index contributed by atoms with van der Waals surface area (Å²) < 4.78 is 5.24. The van der Waals surface area contributed by atoms with E-state index in [0.29, 0.717) is 12.6 Å². The fourth-order valence-electron chi connectivity index (χ4n) is 2.98. The lowest BCUT2D eigenvalue weighted by Gasteiger charge is -2.42. The Morgan fingerprint density at radius 2 is 1.92 bits per heavy atom. The molecule has 1 aliphatic carbocycles. The third-order valence-electron chi connectivity index (χ3n) is 4.57. The SMILES string of the molecule is CC(C)(C)C(CCO)NC1CC(NC(=O)OCc2ccccc2)C1. The van der Waals surface area contributed by atoms with Crippen molar-refractivity contribution < 1.29 is 14.6 Å². The average molecular weight is 334 g/mol. The predicted octanol–water partition coefficient (Wildman–Crippen LogP) is 2.83. The van der Waals surface area contributed by atoms with Crippen molar-refractivity contribution in [3.63, 3.8) is 0 Å². The molecular weight excluding hydrogens is 304 g/mol. The van der Waals surface area contributed by atoms with Crippen LogP contribution in [0, 0.1) is 5.41 Å². The van der Waals surface area contributed by atoms with Gasteiger partial charge in [0.15, 0.2) is 0 Å². The van der Waals surface area contributed by atoms with Crippen LogP contribution in [-0.4, -0.2) is 35.9 Å². The second-order valence-electron chi connectivity index (χ2n) is 7.67. The van der Waals surface area contributed by atoms with Gasteiger partial charge in [-0.15, -0.1) is 0 Å². The summed E-state index contributed by atoms with van der Waals surface area (Å²) in [7, 11) is 0. The molecule has 3 N–H and O–H groups in total. The van der Waals surface area contributed by atoms with Crippen molar-refractivity contribution in [2.24, 2.45) is 5.41 Å². The van der Waals surface area contributed by atoms with Crippen LogP contribution in [-0.2, 0) is 11.3 Å². The number of hydrogen-bond donors (Lipinski definition) is 3. The molecule has 0 spiro atoms. The van der Waals surface area contributed by atoms with Crippen LogP contribution < -0.4 is 10.6 Å². The van der Waals surface area contributed by atoms with Crippen LogP contribution in [0.2, 0.25) is 0 Å². The van der Waals surface area contributed by atoms with Crippen LogP contribution in [0.1, 0.15) is 45.6 Å². The van der Waals surface area contributed by atoms with E-state index in [9.17, 15) is 9.90 Å². The van der Waals surface area contributed by atoms with Gasteiger partial charge in [0.25, 0.3) is 0 Å². The van der Waals surface area contributed by atoms with E-state index in [0.717, 1.165) is 24.8 Å². The van der Waals surface area contributed by atoms with E-state index in [1.807, 2.05) is 30.3 Å². The zero-order valence-electron chi connectivity index (χ0n) is 14.9. The quantitative estimate of drug-likeness (QED) is 0.717. The number of aliphatic hydroxyl groups is 1. The molecule has 0 aromatic heterocycles. The molecule has 1 amide bonds. The van der Waals surface area contributed by atoms with Gasteiger partial charge in [-0.3, -0.25) is 0 Å². The minimum absolute atomic E-state index is 0.107. The Morgan fingerprint density at radius 3 is 2.50 bits per heavy atom. The number of benzene rings is 1. The van der Waals surface area contributed by atoms with Gasteiger partial charge >= 0.3 is 6.09 Å². The molecular formula is C19H30N2O3. The third-order valence-corrected chi connectivity index (χ3v) is 4.57. The van der Waals surface area contributed by atoms with Crippen molar-refractivity contribution in [1.82, 2.24) is 10.6 Å². The summed E-state index contributed by atoms with van der Waals surface area (Å²) in [4.78, 5) is 11.8. The fourth-order valence-corrected chi connectivity index (χ4v) is 2.98. The van der Waals surface area contributed by atoms with E-state index in [-0.39, 0.29) is 30.2 Å². The second kappa shape index (κ2) is 8.49. The van der Waals surface area contributed by atoms with Crippen LogP contribution in [0.3, 0.4) is 0 Å². The van der Waals surface area contributed by atoms with Gasteiger partial charge < -0.3 is 20.5 Å². The molecule has 0 radical (unpaired) electrons. The highest BCUT2D eigenvalue weighted by atomic mass is 16.5. The van der Waals surface area contributed by atoms with Crippen molar-refractivity contribution in [2.45, 2.75) is 64.8 Å². The maximum atomic E-state index is 11.8. The standard InChI is InChI=1S/C19H30N2O3/c1-19(2,3)17(9-10-22)20-15-11-16(12-15)21-18(23)24-13-14-7-5-4-6-8-14/h4-8,15-17,20,22H,9-13H2,1-3H3,(H,21,23). The number of aliphatic hydroxyl groups excluding tert-OH is 1. The van der Waals surface area contributed by atoms with Gasteiger partial charge in [-0.25, -0.2) is 4.79 Å². The monoisotopic (exact) mass is 334 g/mol. The normalized spacial score (nSPS) is 21.7. The first-order valence-electron chi connectivity index (χ1n) is 8.72. The van der Waals surface area contributed by atoms with Crippen LogP contribution >= 0.6 is 0 Å². The van der Waals surface area contributed by atoms with Crippen molar-refractivity contribution in [3.8, 4) is 0 Å². The topological polar surface area (TPSA) is 70.6 Å². The molecule has 1 aromatic rings. The van der Waals surface area contributed by atoms with Gasteiger partial charge in [0, 0.05) is 24.7 Å². The van der Waals surface area contributed by atoms with Gasteiger partial charge in [-0.1, -0.05) is 51.1 Å². The Bertz CT molecular complexity index is 507. The highest BCUT2D eigenvalue weighted by molar-refractivity contribution is 5.67. The molecule has 0 heterocycles. The molecule has 1 unspecified atom stereocenters. The van der Waals surface area contributed by atoms with E-state index in [4.69, 9.17) is 4.74 Å². The first-order valence-corrected chi connectivity index (χ1v) is 8.72. The minimum Gasteiger partial charge on any atom is -0.445 e. The Hall–Kier alpha value is -1.59. The zero-order chi connectivity index (χ0) is 17.6. The van der Waals surface area contributed by atoms with E-state index in [1.165, 1.54) is 0 Å². The summed E-state index contributed by atoms with van der Waals surface area (Å²) in [6, 6.07) is 10.5. The largest absolute Gasteiger partial charge is 0.445 e. The molecule has 1 fully saturated rings. The van der Waals surface area contributed by atoms with Gasteiger partial charge in [-0.05, 0) is 30.2 Å². The molecule has 0 bridgehead atoms. The summed E-state index contributed by atoms with van der Waals surface area (Å²) in [5.41, 5.74) is 1.09. The lowest BCUT2D eigenvalue weighted by molar-refractivity contribution is 0.116. The first kappa shape index (κ1) is 18.7. The summed E-state index contributed by atoms with van der Waals surface area (Å²) in [5, 5.41) is 15.7.